The molecule has 0 aliphatic rings. The van der Waals surface area contributed by atoms with Gasteiger partial charge in [0.05, 0.1) is 22.2 Å². The number of nitrogens with one attached hydrogen (secondary N) is 2. The quantitative estimate of drug-likeness (QED) is 0.307. The lowest BCUT2D eigenvalue weighted by Gasteiger charge is -2.16. The number of rotatable bonds is 12. The highest BCUT2D eigenvalue weighted by atomic mass is 35.5. The van der Waals surface area contributed by atoms with Gasteiger partial charge in [0.1, 0.15) is 11.9 Å². The molecule has 0 saturated carbocycles. The van der Waals surface area contributed by atoms with E-state index in [4.69, 9.17) is 27.9 Å². The molecule has 1 atom stereocenters. The van der Waals surface area contributed by atoms with Gasteiger partial charge in [-0.15, -0.1) is 0 Å². The van der Waals surface area contributed by atoms with Crippen LogP contribution in [-0.4, -0.2) is 41.2 Å². The van der Waals surface area contributed by atoms with Crippen LogP contribution in [-0.2, 0) is 22.6 Å². The van der Waals surface area contributed by atoms with E-state index in [1.54, 1.807) is 12.3 Å². The topological polar surface area (TPSA) is 101 Å². The van der Waals surface area contributed by atoms with E-state index in [9.17, 15) is 14.7 Å². The van der Waals surface area contributed by atoms with E-state index in [-0.39, 0.29) is 22.0 Å². The highest BCUT2D eigenvalue weighted by Gasteiger charge is 2.23. The molecule has 1 heterocycles. The zero-order chi connectivity index (χ0) is 24.3. The number of benzene rings is 2. The molecule has 0 saturated heterocycles. The molecule has 0 aliphatic heterocycles. The van der Waals surface area contributed by atoms with E-state index < -0.39 is 17.9 Å². The van der Waals surface area contributed by atoms with Crippen molar-refractivity contribution in [3.63, 3.8) is 0 Å². The molecule has 0 fully saturated rings. The maximum Gasteiger partial charge on any atom is 0.326 e. The zero-order valence-electron chi connectivity index (χ0n) is 18.3. The summed E-state index contributed by atoms with van der Waals surface area (Å²) in [5.41, 5.74) is 1.79. The Kier molecular flexibility index (Phi) is 9.70. The van der Waals surface area contributed by atoms with Crippen LogP contribution in [0.5, 0.6) is 0 Å². The fourth-order valence-electron chi connectivity index (χ4n) is 3.20. The molecule has 178 valence electrons. The van der Waals surface area contributed by atoms with E-state index in [1.165, 1.54) is 12.1 Å². The summed E-state index contributed by atoms with van der Waals surface area (Å²) in [5.74, 6) is -0.947. The summed E-state index contributed by atoms with van der Waals surface area (Å²) < 4.78 is 5.70. The first-order chi connectivity index (χ1) is 16.4. The Labute approximate surface area is 208 Å². The van der Waals surface area contributed by atoms with E-state index in [1.807, 2.05) is 42.5 Å². The summed E-state index contributed by atoms with van der Waals surface area (Å²) in [6.07, 6.45) is 2.69. The van der Waals surface area contributed by atoms with Crippen LogP contribution >= 0.6 is 23.2 Å². The number of carboxylic acids is 1. The molecule has 3 aromatic rings. The van der Waals surface area contributed by atoms with Crippen molar-refractivity contribution in [1.82, 2.24) is 10.3 Å². The number of carbonyl (C=O) groups excluding carboxylic acids is 1. The smallest absolute Gasteiger partial charge is 0.326 e. The molecule has 0 aliphatic carbocycles. The lowest BCUT2D eigenvalue weighted by atomic mass is 10.0. The lowest BCUT2D eigenvalue weighted by molar-refractivity contribution is -0.139. The molecule has 1 aromatic heterocycles. The fraction of sp³-hybridized carbons (Fsp3) is 0.240. The second-order valence-corrected chi connectivity index (χ2v) is 8.34. The van der Waals surface area contributed by atoms with E-state index in [2.05, 4.69) is 15.6 Å². The molecule has 7 nitrogen and oxygen atoms in total. The second kappa shape index (κ2) is 12.9. The molecule has 2 aromatic carbocycles. The number of anilines is 1. The Morgan fingerprint density at radius 2 is 1.68 bits per heavy atom. The normalized spacial score (nSPS) is 11.6. The molecule has 34 heavy (non-hydrogen) atoms. The Hall–Kier alpha value is -3.13. The highest BCUT2D eigenvalue weighted by Crippen LogP contribution is 2.24. The molecular formula is C25H25Cl2N3O4. The van der Waals surface area contributed by atoms with Crippen LogP contribution in [0.2, 0.25) is 10.0 Å². The highest BCUT2D eigenvalue weighted by molar-refractivity contribution is 6.39. The number of ether oxygens (including phenoxy) is 1. The summed E-state index contributed by atoms with van der Waals surface area (Å²) in [6, 6.07) is 16.7. The molecule has 0 radical (unpaired) electrons. The predicted octanol–water partition coefficient (Wildman–Crippen LogP) is 4.83. The average Bonchev–Trinajstić information content (AvgIpc) is 2.82. The summed E-state index contributed by atoms with van der Waals surface area (Å²) in [5, 5.41) is 15.6. The van der Waals surface area contributed by atoms with Crippen LogP contribution in [0.4, 0.5) is 5.82 Å². The summed E-state index contributed by atoms with van der Waals surface area (Å²) >= 11 is 12.1. The van der Waals surface area contributed by atoms with Gasteiger partial charge in [-0.05, 0) is 41.8 Å². The number of pyridine rings is 1. The average molecular weight is 502 g/mol. The van der Waals surface area contributed by atoms with Crippen molar-refractivity contribution < 1.29 is 19.4 Å². The maximum atomic E-state index is 12.6. The molecule has 0 spiro atoms. The van der Waals surface area contributed by atoms with Gasteiger partial charge in [-0.3, -0.25) is 4.79 Å². The second-order valence-electron chi connectivity index (χ2n) is 7.53. The van der Waals surface area contributed by atoms with Gasteiger partial charge in [0.25, 0.3) is 5.91 Å². The van der Waals surface area contributed by atoms with Gasteiger partial charge in [0.15, 0.2) is 0 Å². The monoisotopic (exact) mass is 501 g/mol. The number of carbonyl (C=O) groups is 2. The minimum atomic E-state index is -1.15. The third kappa shape index (κ3) is 7.73. The van der Waals surface area contributed by atoms with Gasteiger partial charge >= 0.3 is 5.97 Å². The van der Waals surface area contributed by atoms with Gasteiger partial charge in [0.2, 0.25) is 0 Å². The lowest BCUT2D eigenvalue weighted by Crippen LogP contribution is -2.42. The number of carboxylic acid groups (broad SMARTS) is 1. The van der Waals surface area contributed by atoms with Gasteiger partial charge < -0.3 is 20.5 Å². The number of aliphatic carboxylic acids is 1. The third-order valence-electron chi connectivity index (χ3n) is 4.96. The van der Waals surface area contributed by atoms with Crippen LogP contribution in [0.15, 0.2) is 66.9 Å². The SMILES string of the molecule is O=C(NC(Cc1ccc(COCCCNc2ccccn2)cc1)C(=O)O)c1c(Cl)cccc1Cl. The summed E-state index contributed by atoms with van der Waals surface area (Å²) in [7, 11) is 0. The molecular weight excluding hydrogens is 477 g/mol. The Bertz CT molecular complexity index is 1070. The number of amides is 1. The summed E-state index contributed by atoms with van der Waals surface area (Å²) in [4.78, 5) is 28.5. The number of aromatic nitrogens is 1. The number of halogens is 2. The van der Waals surface area contributed by atoms with Gasteiger partial charge in [0, 0.05) is 25.8 Å². The molecule has 0 bridgehead atoms. The molecule has 1 unspecified atom stereocenters. The van der Waals surface area contributed by atoms with Crippen LogP contribution in [0.25, 0.3) is 0 Å². The molecule has 1 amide bonds. The Morgan fingerprint density at radius 1 is 0.971 bits per heavy atom. The fourth-order valence-corrected chi connectivity index (χ4v) is 3.77. The van der Waals surface area contributed by atoms with Crippen LogP contribution in [0.1, 0.15) is 27.9 Å². The van der Waals surface area contributed by atoms with Crippen molar-refractivity contribution in [1.29, 1.82) is 0 Å². The van der Waals surface area contributed by atoms with Crippen molar-refractivity contribution in [3.05, 3.63) is 93.6 Å². The van der Waals surface area contributed by atoms with Crippen LogP contribution in [0.3, 0.4) is 0 Å². The number of hydrogen-bond donors (Lipinski definition) is 3. The first-order valence-corrected chi connectivity index (χ1v) is 11.5. The Morgan fingerprint density at radius 3 is 2.32 bits per heavy atom. The van der Waals surface area contributed by atoms with Crippen molar-refractivity contribution in [2.24, 2.45) is 0 Å². The zero-order valence-corrected chi connectivity index (χ0v) is 19.9. The minimum absolute atomic E-state index is 0.0554. The van der Waals surface area contributed by atoms with Gasteiger partial charge in [-0.2, -0.15) is 0 Å². The van der Waals surface area contributed by atoms with E-state index in [0.29, 0.717) is 13.2 Å². The Balaban J connectivity index is 1.45. The van der Waals surface area contributed by atoms with Crippen molar-refractivity contribution >= 4 is 40.9 Å². The van der Waals surface area contributed by atoms with Crippen LogP contribution in [0, 0.1) is 0 Å². The molecule has 9 heteroatoms. The largest absolute Gasteiger partial charge is 0.480 e. The number of nitrogens with zero attached hydrogens (tertiary/aromatic N) is 1. The van der Waals surface area contributed by atoms with Gasteiger partial charge in [-0.1, -0.05) is 59.6 Å². The first-order valence-electron chi connectivity index (χ1n) is 10.7. The molecule has 3 N–H and O–H groups in total. The van der Waals surface area contributed by atoms with E-state index in [0.717, 1.165) is 29.9 Å². The number of hydrogen-bond acceptors (Lipinski definition) is 5. The summed E-state index contributed by atoms with van der Waals surface area (Å²) in [6.45, 7) is 1.81. The van der Waals surface area contributed by atoms with Gasteiger partial charge in [-0.25, -0.2) is 9.78 Å². The van der Waals surface area contributed by atoms with E-state index >= 15 is 0 Å². The van der Waals surface area contributed by atoms with Crippen molar-refractivity contribution in [2.75, 3.05) is 18.5 Å². The molecule has 3 rings (SSSR count). The first kappa shape index (κ1) is 25.5. The predicted molar refractivity (Wildman–Crippen MR) is 132 cm³/mol. The van der Waals surface area contributed by atoms with Crippen molar-refractivity contribution in [3.8, 4) is 0 Å². The minimum Gasteiger partial charge on any atom is -0.480 e. The maximum absolute atomic E-state index is 12.6. The third-order valence-corrected chi connectivity index (χ3v) is 5.59. The van der Waals surface area contributed by atoms with Crippen LogP contribution < -0.4 is 10.6 Å². The standard InChI is InChI=1S/C25H25Cl2N3O4/c26-19-5-3-6-20(27)23(19)24(31)30-21(25(32)33)15-17-8-10-18(11-9-17)16-34-14-4-13-29-22-7-1-2-12-28-22/h1-3,5-12,21H,4,13-16H2,(H,28,29)(H,30,31)(H,32,33). The van der Waals surface area contributed by atoms with Crippen molar-refractivity contribution in [2.45, 2.75) is 25.5 Å².